The van der Waals surface area contributed by atoms with Gasteiger partial charge in [0.15, 0.2) is 0 Å². The van der Waals surface area contributed by atoms with Gasteiger partial charge in [-0.15, -0.1) is 12.4 Å². The van der Waals surface area contributed by atoms with Crippen LogP contribution in [0.15, 0.2) is 36.4 Å². The summed E-state index contributed by atoms with van der Waals surface area (Å²) in [4.78, 5) is 30.3. The van der Waals surface area contributed by atoms with Gasteiger partial charge in [0.05, 0.1) is 12.7 Å². The molecular formula is C33H43ClN2O4. The first-order valence-corrected chi connectivity index (χ1v) is 15.3. The summed E-state index contributed by atoms with van der Waals surface area (Å²) in [7, 11) is 0. The molecule has 4 saturated carbocycles. The summed E-state index contributed by atoms with van der Waals surface area (Å²) in [6.07, 6.45) is 11.2. The zero-order chi connectivity index (χ0) is 26.6. The zero-order valence-corrected chi connectivity index (χ0v) is 24.2. The van der Waals surface area contributed by atoms with Crippen molar-refractivity contribution in [2.45, 2.75) is 63.9 Å². The minimum absolute atomic E-state index is 0. The van der Waals surface area contributed by atoms with Crippen molar-refractivity contribution in [3.63, 3.8) is 0 Å². The average Bonchev–Trinajstić information content (AvgIpc) is 2.92. The first kappa shape index (κ1) is 28.1. The maximum absolute atomic E-state index is 13.2. The van der Waals surface area contributed by atoms with Crippen molar-refractivity contribution >= 4 is 35.0 Å². The molecule has 2 aromatic carbocycles. The minimum Gasteiger partial charge on any atom is -0.389 e. The van der Waals surface area contributed by atoms with Crippen LogP contribution >= 0.6 is 12.4 Å². The number of aliphatic hydroxyl groups is 1. The number of ether oxygens (including phenoxy) is 1. The van der Waals surface area contributed by atoms with Crippen LogP contribution in [-0.2, 0) is 4.74 Å². The molecule has 40 heavy (non-hydrogen) atoms. The predicted molar refractivity (Wildman–Crippen MR) is 158 cm³/mol. The maximum Gasteiger partial charge on any atom is 0.261 e. The molecule has 1 unspecified atom stereocenters. The number of hydrogen-bond donors (Lipinski definition) is 1. The molecular weight excluding hydrogens is 524 g/mol. The number of nitrogens with zero attached hydrogens (tertiary/aromatic N) is 2. The summed E-state index contributed by atoms with van der Waals surface area (Å²) in [6, 6.07) is 11.4. The van der Waals surface area contributed by atoms with Crippen LogP contribution in [0.3, 0.4) is 0 Å². The number of rotatable bonds is 9. The molecule has 0 aromatic heterocycles. The number of likely N-dealkylation sites (tertiary alicyclic amines) is 1. The van der Waals surface area contributed by atoms with Crippen LogP contribution < -0.4 is 0 Å². The number of halogens is 1. The molecule has 1 atom stereocenters. The summed E-state index contributed by atoms with van der Waals surface area (Å²) >= 11 is 0. The first-order valence-electron chi connectivity index (χ1n) is 15.3. The molecule has 8 rings (SSSR count). The van der Waals surface area contributed by atoms with Crippen molar-refractivity contribution in [1.29, 1.82) is 0 Å². The van der Waals surface area contributed by atoms with Gasteiger partial charge in [-0.2, -0.15) is 0 Å². The summed E-state index contributed by atoms with van der Waals surface area (Å²) in [5, 5.41) is 12.4. The molecule has 216 valence electrons. The topological polar surface area (TPSA) is 70.1 Å². The molecule has 2 aromatic rings. The fourth-order valence-corrected chi connectivity index (χ4v) is 9.31. The van der Waals surface area contributed by atoms with E-state index in [-0.39, 0.29) is 30.1 Å². The Kier molecular flexibility index (Phi) is 7.99. The third-order valence-corrected chi connectivity index (χ3v) is 10.7. The van der Waals surface area contributed by atoms with E-state index >= 15 is 0 Å². The number of carbonyl (C=O) groups is 2. The normalized spacial score (nSPS) is 30.6. The summed E-state index contributed by atoms with van der Waals surface area (Å²) in [5.41, 5.74) is 1.80. The fraction of sp³-hybridized carbons (Fsp3) is 0.636. The molecule has 2 amide bonds. The summed E-state index contributed by atoms with van der Waals surface area (Å²) in [6.45, 7) is 4.02. The Morgan fingerprint density at radius 1 is 0.900 bits per heavy atom. The monoisotopic (exact) mass is 566 g/mol. The molecule has 2 aliphatic heterocycles. The second-order valence-corrected chi connectivity index (χ2v) is 13.6. The van der Waals surface area contributed by atoms with E-state index in [1.165, 1.54) is 49.8 Å². The number of imide groups is 1. The van der Waals surface area contributed by atoms with E-state index < -0.39 is 6.10 Å². The molecule has 2 heterocycles. The minimum atomic E-state index is -0.472. The van der Waals surface area contributed by atoms with E-state index in [0.29, 0.717) is 36.2 Å². The average molecular weight is 567 g/mol. The highest BCUT2D eigenvalue weighted by Crippen LogP contribution is 2.61. The van der Waals surface area contributed by atoms with Gasteiger partial charge in [-0.3, -0.25) is 14.5 Å². The highest BCUT2D eigenvalue weighted by atomic mass is 35.5. The van der Waals surface area contributed by atoms with Crippen LogP contribution in [0.5, 0.6) is 0 Å². The van der Waals surface area contributed by atoms with Gasteiger partial charge < -0.3 is 14.7 Å². The molecule has 7 heteroatoms. The van der Waals surface area contributed by atoms with Crippen molar-refractivity contribution in [2.75, 3.05) is 39.4 Å². The van der Waals surface area contributed by atoms with E-state index in [4.69, 9.17) is 4.74 Å². The van der Waals surface area contributed by atoms with Crippen LogP contribution in [0.25, 0.3) is 10.8 Å². The SMILES string of the molecule is Cl.O=C1c2cccc3cccc(c23)C(=O)N1CC1CCN(CC(O)COCCC23CC4CC(CC(C4)C2)C3)CC1. The molecule has 0 radical (unpaired) electrons. The lowest BCUT2D eigenvalue weighted by Crippen LogP contribution is -2.47. The van der Waals surface area contributed by atoms with E-state index in [9.17, 15) is 14.7 Å². The van der Waals surface area contributed by atoms with Crippen molar-refractivity contribution in [3.05, 3.63) is 47.5 Å². The van der Waals surface area contributed by atoms with Gasteiger partial charge in [0.2, 0.25) is 0 Å². The molecule has 5 fully saturated rings. The third-order valence-electron chi connectivity index (χ3n) is 10.7. The molecule has 4 aliphatic carbocycles. The van der Waals surface area contributed by atoms with Crippen LogP contribution in [0, 0.1) is 29.1 Å². The van der Waals surface area contributed by atoms with E-state index in [1.54, 1.807) is 0 Å². The Balaban J connectivity index is 0.00000289. The van der Waals surface area contributed by atoms with Gasteiger partial charge in [0.1, 0.15) is 0 Å². The quantitative estimate of drug-likeness (QED) is 0.318. The van der Waals surface area contributed by atoms with Gasteiger partial charge in [-0.25, -0.2) is 0 Å². The smallest absolute Gasteiger partial charge is 0.261 e. The number of piperidine rings is 1. The number of aliphatic hydroxyl groups excluding tert-OH is 1. The van der Waals surface area contributed by atoms with Gasteiger partial charge in [0.25, 0.3) is 11.8 Å². The van der Waals surface area contributed by atoms with E-state index in [0.717, 1.165) is 61.1 Å². The number of amides is 2. The molecule has 6 aliphatic rings. The van der Waals surface area contributed by atoms with Gasteiger partial charge in [0, 0.05) is 36.2 Å². The highest BCUT2D eigenvalue weighted by Gasteiger charge is 2.50. The van der Waals surface area contributed by atoms with Crippen LogP contribution in [-0.4, -0.2) is 72.2 Å². The van der Waals surface area contributed by atoms with Crippen LogP contribution in [0.4, 0.5) is 0 Å². The standard InChI is InChI=1S/C33H42N2O4.ClH/c36-27(21-39-12-9-33-16-23-13-24(17-33)15-25(14-23)18-33)20-34-10-7-22(8-11-34)19-35-31(37)28-5-1-3-26-4-2-6-29(30(26)28)32(35)38;/h1-6,22-25,27,36H,7-21H2;1H. The zero-order valence-electron chi connectivity index (χ0n) is 23.4. The number of carbonyl (C=O) groups excluding carboxylic acids is 2. The first-order chi connectivity index (χ1) is 19.0. The van der Waals surface area contributed by atoms with Crippen LogP contribution in [0.2, 0.25) is 0 Å². The van der Waals surface area contributed by atoms with Gasteiger partial charge in [-0.05, 0) is 117 Å². The lowest BCUT2D eigenvalue weighted by atomic mass is 9.49. The molecule has 4 bridgehead atoms. The molecule has 1 N–H and O–H groups in total. The van der Waals surface area contributed by atoms with E-state index in [2.05, 4.69) is 4.90 Å². The lowest BCUT2D eigenvalue weighted by molar-refractivity contribution is -0.0743. The molecule has 6 nitrogen and oxygen atoms in total. The Morgan fingerprint density at radius 3 is 2.05 bits per heavy atom. The van der Waals surface area contributed by atoms with Crippen molar-refractivity contribution in [2.24, 2.45) is 29.1 Å². The predicted octanol–water partition coefficient (Wildman–Crippen LogP) is 5.55. The second-order valence-electron chi connectivity index (χ2n) is 13.6. The Bertz CT molecular complexity index is 1170. The lowest BCUT2D eigenvalue weighted by Gasteiger charge is -2.57. The Labute approximate surface area is 243 Å². The highest BCUT2D eigenvalue weighted by molar-refractivity contribution is 6.25. The van der Waals surface area contributed by atoms with Crippen LogP contribution in [0.1, 0.15) is 78.5 Å². The number of benzene rings is 2. The van der Waals surface area contributed by atoms with Crippen molar-refractivity contribution in [1.82, 2.24) is 9.80 Å². The van der Waals surface area contributed by atoms with Gasteiger partial charge >= 0.3 is 0 Å². The Hall–Kier alpha value is -1.99. The Morgan fingerprint density at radius 2 is 1.48 bits per heavy atom. The van der Waals surface area contributed by atoms with Gasteiger partial charge in [-0.1, -0.05) is 24.3 Å². The fourth-order valence-electron chi connectivity index (χ4n) is 9.31. The molecule has 1 saturated heterocycles. The largest absolute Gasteiger partial charge is 0.389 e. The number of β-amino-alcohol motifs (C(OH)–C–C–N with tert-alkyl or cyclic N) is 1. The summed E-state index contributed by atoms with van der Waals surface area (Å²) < 4.78 is 6.02. The molecule has 0 spiro atoms. The number of hydrogen-bond acceptors (Lipinski definition) is 5. The summed E-state index contributed by atoms with van der Waals surface area (Å²) in [5.74, 6) is 2.86. The van der Waals surface area contributed by atoms with Crippen molar-refractivity contribution in [3.8, 4) is 0 Å². The third kappa shape index (κ3) is 5.33. The second kappa shape index (κ2) is 11.4. The maximum atomic E-state index is 13.2. The van der Waals surface area contributed by atoms with E-state index in [1.807, 2.05) is 36.4 Å². The van der Waals surface area contributed by atoms with Crippen molar-refractivity contribution < 1.29 is 19.4 Å².